The molecule has 0 aliphatic heterocycles. The Kier molecular flexibility index (Phi) is 7.22. The molecule has 0 unspecified atom stereocenters. The van der Waals surface area contributed by atoms with E-state index in [4.69, 9.17) is 4.74 Å². The van der Waals surface area contributed by atoms with Crippen LogP contribution in [0, 0.1) is 6.92 Å². The molecule has 1 heterocycles. The summed E-state index contributed by atoms with van der Waals surface area (Å²) in [6, 6.07) is 6.20. The van der Waals surface area contributed by atoms with Gasteiger partial charge in [0.05, 0.1) is 16.9 Å². The van der Waals surface area contributed by atoms with E-state index in [2.05, 4.69) is 10.3 Å². The van der Waals surface area contributed by atoms with Crippen LogP contribution in [0.2, 0.25) is 0 Å². The molecular formula is C20H25N3O5S2. The van der Waals surface area contributed by atoms with Crippen molar-refractivity contribution in [2.24, 2.45) is 0 Å². The predicted octanol–water partition coefficient (Wildman–Crippen LogP) is 3.20. The van der Waals surface area contributed by atoms with Crippen LogP contribution < -0.4 is 5.32 Å². The molecule has 2 aromatic rings. The number of ether oxygens (including phenoxy) is 1. The fraction of sp³-hybridized carbons (Fsp3) is 0.450. The second-order valence-electron chi connectivity index (χ2n) is 7.18. The van der Waals surface area contributed by atoms with Gasteiger partial charge in [-0.1, -0.05) is 31.4 Å². The van der Waals surface area contributed by atoms with Gasteiger partial charge in [0.1, 0.15) is 9.77 Å². The first kappa shape index (κ1) is 22.4. The number of carbonyl (C=O) groups excluding carboxylic acids is 2. The molecule has 0 spiro atoms. The van der Waals surface area contributed by atoms with E-state index in [0.29, 0.717) is 9.88 Å². The minimum absolute atomic E-state index is 0.0239. The molecule has 1 saturated carbocycles. The van der Waals surface area contributed by atoms with Gasteiger partial charge in [0, 0.05) is 13.1 Å². The number of anilines is 1. The van der Waals surface area contributed by atoms with Crippen molar-refractivity contribution in [2.45, 2.75) is 50.0 Å². The Hall–Kier alpha value is -2.30. The molecule has 1 N–H and O–H groups in total. The zero-order chi connectivity index (χ0) is 21.7. The molecule has 1 aromatic carbocycles. The highest BCUT2D eigenvalue weighted by Crippen LogP contribution is 2.29. The number of para-hydroxylation sites is 1. The fourth-order valence-corrected chi connectivity index (χ4v) is 5.67. The number of thiazole rings is 1. The Morgan fingerprint density at radius 1 is 1.23 bits per heavy atom. The number of amides is 1. The lowest BCUT2D eigenvalue weighted by Crippen LogP contribution is -2.38. The van der Waals surface area contributed by atoms with E-state index in [-0.39, 0.29) is 16.6 Å². The van der Waals surface area contributed by atoms with Gasteiger partial charge in [0.25, 0.3) is 5.91 Å². The van der Waals surface area contributed by atoms with Gasteiger partial charge in [-0.25, -0.2) is 18.2 Å². The van der Waals surface area contributed by atoms with Crippen molar-refractivity contribution in [1.29, 1.82) is 0 Å². The third-order valence-corrected chi connectivity index (χ3v) is 7.92. The maximum atomic E-state index is 13.2. The molecule has 1 aliphatic rings. The molecule has 0 saturated heterocycles. The third-order valence-electron chi connectivity index (χ3n) is 5.06. The van der Waals surface area contributed by atoms with E-state index in [9.17, 15) is 18.0 Å². The molecule has 3 rings (SSSR count). The first-order valence-electron chi connectivity index (χ1n) is 9.75. The van der Waals surface area contributed by atoms with Gasteiger partial charge < -0.3 is 10.1 Å². The van der Waals surface area contributed by atoms with Crippen LogP contribution in [0.5, 0.6) is 0 Å². The summed E-state index contributed by atoms with van der Waals surface area (Å²) in [5.74, 6) is -1.26. The topological polar surface area (TPSA) is 106 Å². The number of nitrogens with zero attached hydrogens (tertiary/aromatic N) is 2. The van der Waals surface area contributed by atoms with E-state index < -0.39 is 28.5 Å². The van der Waals surface area contributed by atoms with Gasteiger partial charge in [0.15, 0.2) is 6.61 Å². The number of esters is 1. The lowest BCUT2D eigenvalue weighted by atomic mass is 9.96. The summed E-state index contributed by atoms with van der Waals surface area (Å²) >= 11 is 1.17. The third kappa shape index (κ3) is 5.24. The molecule has 1 aromatic heterocycles. The van der Waals surface area contributed by atoms with Crippen LogP contribution in [0.25, 0.3) is 0 Å². The number of aromatic nitrogens is 1. The fourth-order valence-electron chi connectivity index (χ4n) is 3.44. The molecule has 30 heavy (non-hydrogen) atoms. The quantitative estimate of drug-likeness (QED) is 0.648. The summed E-state index contributed by atoms with van der Waals surface area (Å²) in [7, 11) is -2.20. The van der Waals surface area contributed by atoms with E-state index >= 15 is 0 Å². The number of hydrogen-bond acceptors (Lipinski definition) is 7. The molecule has 8 nitrogen and oxygen atoms in total. The molecule has 1 fully saturated rings. The van der Waals surface area contributed by atoms with E-state index in [1.165, 1.54) is 34.0 Å². The number of nitrogens with one attached hydrogen (secondary N) is 1. The second kappa shape index (κ2) is 9.67. The number of benzene rings is 1. The first-order valence-corrected chi connectivity index (χ1v) is 12.0. The summed E-state index contributed by atoms with van der Waals surface area (Å²) in [6.07, 6.45) is 6.19. The smallest absolute Gasteiger partial charge is 0.350 e. The summed E-state index contributed by atoms with van der Waals surface area (Å²) < 4.78 is 32.8. The van der Waals surface area contributed by atoms with Crippen molar-refractivity contribution in [3.63, 3.8) is 0 Å². The summed E-state index contributed by atoms with van der Waals surface area (Å²) in [5.41, 5.74) is 0.162. The Morgan fingerprint density at radius 2 is 1.93 bits per heavy atom. The average molecular weight is 452 g/mol. The molecule has 0 atom stereocenters. The van der Waals surface area contributed by atoms with Crippen molar-refractivity contribution in [3.8, 4) is 0 Å². The summed E-state index contributed by atoms with van der Waals surface area (Å²) in [6.45, 7) is 1.23. The van der Waals surface area contributed by atoms with Crippen LogP contribution in [0.4, 0.5) is 5.69 Å². The number of aryl methyl sites for hydroxylation is 1. The van der Waals surface area contributed by atoms with E-state index in [0.717, 1.165) is 32.1 Å². The first-order chi connectivity index (χ1) is 14.3. The van der Waals surface area contributed by atoms with Crippen LogP contribution in [-0.4, -0.2) is 49.3 Å². The maximum Gasteiger partial charge on any atom is 0.350 e. The average Bonchev–Trinajstić information content (AvgIpc) is 3.19. The highest BCUT2D eigenvalue weighted by molar-refractivity contribution is 7.89. The van der Waals surface area contributed by atoms with Gasteiger partial charge in [-0.15, -0.1) is 11.3 Å². The molecule has 0 bridgehead atoms. The zero-order valence-electron chi connectivity index (χ0n) is 17.0. The number of sulfonamides is 1. The molecule has 0 radical (unpaired) electrons. The summed E-state index contributed by atoms with van der Waals surface area (Å²) in [5, 5.41) is 3.27. The van der Waals surface area contributed by atoms with Gasteiger partial charge in [0.2, 0.25) is 10.0 Å². The monoisotopic (exact) mass is 451 g/mol. The van der Waals surface area contributed by atoms with Crippen LogP contribution in [0.1, 0.15) is 46.8 Å². The van der Waals surface area contributed by atoms with Crippen molar-refractivity contribution in [2.75, 3.05) is 19.0 Å². The highest BCUT2D eigenvalue weighted by atomic mass is 32.2. The minimum atomic E-state index is -3.78. The number of rotatable bonds is 7. The molecule has 10 heteroatoms. The van der Waals surface area contributed by atoms with E-state index in [1.807, 2.05) is 0 Å². The normalized spacial score (nSPS) is 15.2. The largest absolute Gasteiger partial charge is 0.451 e. The van der Waals surface area contributed by atoms with Crippen LogP contribution in [-0.2, 0) is 19.6 Å². The van der Waals surface area contributed by atoms with Crippen LogP contribution >= 0.6 is 11.3 Å². The standard InChI is InChI=1S/C20H25N3O5S2/c1-14-21-12-17(29-14)20(25)28-13-19(24)22-16-10-6-7-11-18(16)30(26,27)23(2)15-8-4-3-5-9-15/h6-7,10-12,15H,3-5,8-9,13H2,1-2H3,(H,22,24). The molecular weight excluding hydrogens is 426 g/mol. The summed E-state index contributed by atoms with van der Waals surface area (Å²) in [4.78, 5) is 28.6. The van der Waals surface area contributed by atoms with Crippen molar-refractivity contribution in [1.82, 2.24) is 9.29 Å². The van der Waals surface area contributed by atoms with Crippen LogP contribution in [0.3, 0.4) is 0 Å². The Labute approximate surface area is 180 Å². The Balaban J connectivity index is 1.68. The molecule has 1 aliphatic carbocycles. The number of carbonyl (C=O) groups is 2. The predicted molar refractivity (Wildman–Crippen MR) is 114 cm³/mol. The van der Waals surface area contributed by atoms with Gasteiger partial charge in [-0.2, -0.15) is 4.31 Å². The van der Waals surface area contributed by atoms with Gasteiger partial charge >= 0.3 is 5.97 Å². The molecule has 162 valence electrons. The maximum absolute atomic E-state index is 13.2. The van der Waals surface area contributed by atoms with Gasteiger partial charge in [-0.05, 0) is 31.9 Å². The Bertz CT molecular complexity index is 1010. The highest BCUT2D eigenvalue weighted by Gasteiger charge is 2.31. The number of hydrogen-bond donors (Lipinski definition) is 1. The van der Waals surface area contributed by atoms with E-state index in [1.54, 1.807) is 26.1 Å². The Morgan fingerprint density at radius 3 is 2.60 bits per heavy atom. The molecule has 1 amide bonds. The van der Waals surface area contributed by atoms with Crippen LogP contribution in [0.15, 0.2) is 35.4 Å². The van der Waals surface area contributed by atoms with Gasteiger partial charge in [-0.3, -0.25) is 4.79 Å². The lowest BCUT2D eigenvalue weighted by molar-refractivity contribution is -0.119. The minimum Gasteiger partial charge on any atom is -0.451 e. The lowest BCUT2D eigenvalue weighted by Gasteiger charge is -2.30. The second-order valence-corrected chi connectivity index (χ2v) is 10.4. The van der Waals surface area contributed by atoms with Crippen molar-refractivity contribution in [3.05, 3.63) is 40.3 Å². The zero-order valence-corrected chi connectivity index (χ0v) is 18.6. The SMILES string of the molecule is Cc1ncc(C(=O)OCC(=O)Nc2ccccc2S(=O)(=O)N(C)C2CCCCC2)s1. The van der Waals surface area contributed by atoms with Crippen molar-refractivity contribution < 1.29 is 22.7 Å². The van der Waals surface area contributed by atoms with Crippen molar-refractivity contribution >= 4 is 38.9 Å².